The maximum atomic E-state index is 12.0. The third-order valence-corrected chi connectivity index (χ3v) is 5.33. The fourth-order valence-corrected chi connectivity index (χ4v) is 3.71. The molecule has 0 unspecified atom stereocenters. The fourth-order valence-electron chi connectivity index (χ4n) is 3.71. The van der Waals surface area contributed by atoms with Crippen molar-refractivity contribution in [3.05, 3.63) is 75.1 Å². The number of anilines is 1. The lowest BCUT2D eigenvalue weighted by Gasteiger charge is -2.12. The zero-order chi connectivity index (χ0) is 19.7. The van der Waals surface area contributed by atoms with Gasteiger partial charge in [-0.25, -0.2) is 4.79 Å². The molecule has 0 radical (unpaired) electrons. The predicted molar refractivity (Wildman–Crippen MR) is 111 cm³/mol. The smallest absolute Gasteiger partial charge is 0.336 e. The van der Waals surface area contributed by atoms with Gasteiger partial charge >= 0.3 is 5.63 Å². The summed E-state index contributed by atoms with van der Waals surface area (Å²) in [5.41, 5.74) is 5.87. The highest BCUT2D eigenvalue weighted by Crippen LogP contribution is 2.28. The topological polar surface area (TPSA) is 62.6 Å². The number of fused-ring (bicyclic) bond motifs is 2. The molecule has 144 valence electrons. The molecular weight excluding hydrogens is 352 g/mol. The average Bonchev–Trinajstić information content (AvgIpc) is 3.12. The third kappa shape index (κ3) is 3.79. The van der Waals surface area contributed by atoms with Crippen molar-refractivity contribution < 1.29 is 9.21 Å². The van der Waals surface area contributed by atoms with Crippen LogP contribution in [0.2, 0.25) is 0 Å². The van der Waals surface area contributed by atoms with E-state index in [-0.39, 0.29) is 11.5 Å². The van der Waals surface area contributed by atoms with E-state index in [0.29, 0.717) is 18.5 Å². The quantitative estimate of drug-likeness (QED) is 0.692. The van der Waals surface area contributed by atoms with Crippen LogP contribution in [0.1, 0.15) is 28.7 Å². The van der Waals surface area contributed by atoms with Gasteiger partial charge in [-0.3, -0.25) is 4.79 Å². The van der Waals surface area contributed by atoms with E-state index in [1.165, 1.54) is 11.1 Å². The van der Waals surface area contributed by atoms with E-state index >= 15 is 0 Å². The molecule has 0 atom stereocenters. The van der Waals surface area contributed by atoms with Crippen molar-refractivity contribution in [2.24, 2.45) is 0 Å². The highest BCUT2D eigenvalue weighted by molar-refractivity contribution is 5.82. The van der Waals surface area contributed by atoms with Gasteiger partial charge < -0.3 is 14.6 Å². The molecule has 28 heavy (non-hydrogen) atoms. The Hall–Kier alpha value is -3.08. The van der Waals surface area contributed by atoms with Crippen molar-refractivity contribution in [3.8, 4) is 0 Å². The molecule has 0 saturated heterocycles. The van der Waals surface area contributed by atoms with Gasteiger partial charge in [-0.1, -0.05) is 12.1 Å². The van der Waals surface area contributed by atoms with E-state index in [1.54, 1.807) is 25.1 Å². The highest BCUT2D eigenvalue weighted by atomic mass is 16.4. The number of likely N-dealkylation sites (N-methyl/N-ethyl adjacent to an activating group) is 1. The van der Waals surface area contributed by atoms with Crippen LogP contribution in [0.4, 0.5) is 5.69 Å². The lowest BCUT2D eigenvalue weighted by atomic mass is 10.0. The molecule has 1 amide bonds. The Morgan fingerprint density at radius 1 is 1.07 bits per heavy atom. The van der Waals surface area contributed by atoms with Crippen LogP contribution in [-0.4, -0.2) is 24.9 Å². The Kier molecular flexibility index (Phi) is 4.90. The van der Waals surface area contributed by atoms with E-state index < -0.39 is 0 Å². The van der Waals surface area contributed by atoms with E-state index in [1.807, 2.05) is 30.3 Å². The van der Waals surface area contributed by atoms with Crippen molar-refractivity contribution in [1.82, 2.24) is 4.90 Å². The van der Waals surface area contributed by atoms with Crippen molar-refractivity contribution in [1.29, 1.82) is 0 Å². The number of aryl methyl sites for hydroxylation is 2. The average molecular weight is 376 g/mol. The summed E-state index contributed by atoms with van der Waals surface area (Å²) in [6.07, 6.45) is 3.69. The molecule has 5 nitrogen and oxygen atoms in total. The molecule has 0 fully saturated rings. The second kappa shape index (κ2) is 7.50. The van der Waals surface area contributed by atoms with Gasteiger partial charge in [-0.05, 0) is 65.8 Å². The first-order chi connectivity index (χ1) is 13.5. The normalized spacial score (nSPS) is 12.8. The van der Waals surface area contributed by atoms with Crippen LogP contribution >= 0.6 is 0 Å². The van der Waals surface area contributed by atoms with Gasteiger partial charge in [-0.15, -0.1) is 0 Å². The molecular formula is C23H24N2O3. The number of benzene rings is 2. The molecule has 0 bridgehead atoms. The number of carbonyl (C=O) groups excluding carboxylic acids is 1. The summed E-state index contributed by atoms with van der Waals surface area (Å²) in [6, 6.07) is 13.6. The van der Waals surface area contributed by atoms with Gasteiger partial charge in [0, 0.05) is 37.8 Å². The maximum absolute atomic E-state index is 12.0. The summed E-state index contributed by atoms with van der Waals surface area (Å²) in [4.78, 5) is 25.4. The minimum Gasteiger partial charge on any atom is -0.423 e. The summed E-state index contributed by atoms with van der Waals surface area (Å²) in [7, 11) is 3.52. The SMILES string of the molecule is CN(C)C(=O)Cc1ccc(NCc2cc(=O)oc3cc4c(cc23)CCC4)cc1. The van der Waals surface area contributed by atoms with Gasteiger partial charge in [-0.2, -0.15) is 0 Å². The van der Waals surface area contributed by atoms with Crippen LogP contribution in [0, 0.1) is 0 Å². The molecule has 3 aromatic rings. The Morgan fingerprint density at radius 3 is 2.50 bits per heavy atom. The van der Waals surface area contributed by atoms with Crippen molar-refractivity contribution in [3.63, 3.8) is 0 Å². The van der Waals surface area contributed by atoms with Crippen LogP contribution in [0.3, 0.4) is 0 Å². The zero-order valence-corrected chi connectivity index (χ0v) is 16.2. The molecule has 2 aromatic carbocycles. The lowest BCUT2D eigenvalue weighted by molar-refractivity contribution is -0.127. The number of hydrogen-bond acceptors (Lipinski definition) is 4. The number of hydrogen-bond donors (Lipinski definition) is 1. The largest absolute Gasteiger partial charge is 0.423 e. The molecule has 1 aliphatic rings. The summed E-state index contributed by atoms with van der Waals surface area (Å²) in [5.74, 6) is 0.0794. The van der Waals surface area contributed by atoms with Crippen LogP contribution < -0.4 is 10.9 Å². The van der Waals surface area contributed by atoms with Crippen LogP contribution in [0.25, 0.3) is 11.0 Å². The number of amides is 1. The lowest BCUT2D eigenvalue weighted by Crippen LogP contribution is -2.23. The van der Waals surface area contributed by atoms with Crippen LogP contribution in [0.5, 0.6) is 0 Å². The van der Waals surface area contributed by atoms with E-state index in [2.05, 4.69) is 11.4 Å². The van der Waals surface area contributed by atoms with Crippen molar-refractivity contribution in [2.45, 2.75) is 32.2 Å². The Bertz CT molecular complexity index is 1080. The summed E-state index contributed by atoms with van der Waals surface area (Å²) < 4.78 is 5.43. The number of rotatable bonds is 5. The molecule has 4 rings (SSSR count). The Morgan fingerprint density at radius 2 is 1.79 bits per heavy atom. The van der Waals surface area contributed by atoms with Gasteiger partial charge in [0.1, 0.15) is 5.58 Å². The second-order valence-electron chi connectivity index (χ2n) is 7.58. The summed E-state index contributed by atoms with van der Waals surface area (Å²) in [6.45, 7) is 0.539. The summed E-state index contributed by atoms with van der Waals surface area (Å²) in [5, 5.41) is 4.38. The van der Waals surface area contributed by atoms with Gasteiger partial charge in [0.25, 0.3) is 0 Å². The van der Waals surface area contributed by atoms with Crippen LogP contribution in [0.15, 0.2) is 51.7 Å². The zero-order valence-electron chi connectivity index (χ0n) is 16.2. The molecule has 1 aromatic heterocycles. The molecule has 1 N–H and O–H groups in total. The highest BCUT2D eigenvalue weighted by Gasteiger charge is 2.15. The third-order valence-electron chi connectivity index (χ3n) is 5.33. The van der Waals surface area contributed by atoms with E-state index in [0.717, 1.165) is 41.5 Å². The van der Waals surface area contributed by atoms with Gasteiger partial charge in [0.15, 0.2) is 0 Å². The monoisotopic (exact) mass is 376 g/mol. The van der Waals surface area contributed by atoms with Gasteiger partial charge in [0.2, 0.25) is 5.91 Å². The number of carbonyl (C=O) groups is 1. The molecule has 0 aliphatic heterocycles. The molecule has 1 aliphatic carbocycles. The summed E-state index contributed by atoms with van der Waals surface area (Å²) >= 11 is 0. The maximum Gasteiger partial charge on any atom is 0.336 e. The fraction of sp³-hybridized carbons (Fsp3) is 0.304. The first-order valence-corrected chi connectivity index (χ1v) is 9.61. The van der Waals surface area contributed by atoms with Crippen LogP contribution in [-0.2, 0) is 30.6 Å². The minimum atomic E-state index is -0.320. The predicted octanol–water partition coefficient (Wildman–Crippen LogP) is 3.52. The molecule has 0 spiro atoms. The molecule has 5 heteroatoms. The van der Waals surface area contributed by atoms with E-state index in [9.17, 15) is 9.59 Å². The Labute approximate surface area is 164 Å². The molecule has 0 saturated carbocycles. The first-order valence-electron chi connectivity index (χ1n) is 9.61. The Balaban J connectivity index is 1.53. The first kappa shape index (κ1) is 18.3. The van der Waals surface area contributed by atoms with Crippen molar-refractivity contribution >= 4 is 22.6 Å². The second-order valence-corrected chi connectivity index (χ2v) is 7.58. The number of nitrogens with one attached hydrogen (secondary N) is 1. The van der Waals surface area contributed by atoms with E-state index in [4.69, 9.17) is 4.42 Å². The number of nitrogens with zero attached hydrogens (tertiary/aromatic N) is 1. The van der Waals surface area contributed by atoms with Gasteiger partial charge in [0.05, 0.1) is 6.42 Å². The van der Waals surface area contributed by atoms with Crippen molar-refractivity contribution in [2.75, 3.05) is 19.4 Å². The molecule has 1 heterocycles. The standard InChI is InChI=1S/C23H24N2O3/c1-25(2)22(26)10-15-6-8-19(9-7-15)24-14-18-13-23(27)28-21-12-17-5-3-4-16(17)11-20(18)21/h6-9,11-13,24H,3-5,10,14H2,1-2H3. The minimum absolute atomic E-state index is 0.0794.